The van der Waals surface area contributed by atoms with Gasteiger partial charge in [0, 0.05) is 23.1 Å². The van der Waals surface area contributed by atoms with Crippen LogP contribution in [0.25, 0.3) is 0 Å². The summed E-state index contributed by atoms with van der Waals surface area (Å²) >= 11 is 0. The van der Waals surface area contributed by atoms with Gasteiger partial charge in [0.15, 0.2) is 0 Å². The van der Waals surface area contributed by atoms with E-state index < -0.39 is 5.91 Å². The van der Waals surface area contributed by atoms with E-state index in [0.29, 0.717) is 18.1 Å². The third kappa shape index (κ3) is 4.26. The number of primary amides is 1. The zero-order valence-electron chi connectivity index (χ0n) is 14.9. The molecule has 27 heavy (non-hydrogen) atoms. The Balaban J connectivity index is 1.53. The number of benzene rings is 2. The van der Waals surface area contributed by atoms with Crippen LogP contribution in [0, 0.1) is 0 Å². The molecule has 1 aliphatic carbocycles. The van der Waals surface area contributed by atoms with E-state index in [1.165, 1.54) is 18.4 Å². The summed E-state index contributed by atoms with van der Waals surface area (Å²) < 4.78 is 5.91. The second kappa shape index (κ2) is 7.50. The number of hydrogen-bond donors (Lipinski definition) is 2. The van der Waals surface area contributed by atoms with Gasteiger partial charge in [0.2, 0.25) is 5.91 Å². The molecule has 4 rings (SSSR count). The first-order chi connectivity index (χ1) is 13.2. The Morgan fingerprint density at radius 3 is 2.74 bits per heavy atom. The zero-order valence-corrected chi connectivity index (χ0v) is 14.9. The Bertz CT molecular complexity index is 953. The van der Waals surface area contributed by atoms with Gasteiger partial charge in [0.1, 0.15) is 12.4 Å². The molecule has 3 aromatic rings. The summed E-state index contributed by atoms with van der Waals surface area (Å²) in [7, 11) is 0. The van der Waals surface area contributed by atoms with Crippen molar-refractivity contribution in [2.24, 2.45) is 5.73 Å². The van der Waals surface area contributed by atoms with Crippen LogP contribution in [0.5, 0.6) is 5.75 Å². The van der Waals surface area contributed by atoms with Crippen LogP contribution in [0.4, 0.5) is 11.4 Å². The SMILES string of the molecule is NC(=O)c1cccc(Nc2ccc(OCc3ccccn3)cc2C2CC2)c1. The predicted octanol–water partition coefficient (Wildman–Crippen LogP) is 4.38. The Morgan fingerprint density at radius 1 is 1.11 bits per heavy atom. The van der Waals surface area contributed by atoms with Crippen LogP contribution < -0.4 is 15.8 Å². The molecular formula is C22H21N3O2. The van der Waals surface area contributed by atoms with Crippen LogP contribution in [0.15, 0.2) is 66.9 Å². The summed E-state index contributed by atoms with van der Waals surface area (Å²) in [6.07, 6.45) is 4.13. The predicted molar refractivity (Wildman–Crippen MR) is 105 cm³/mol. The average molecular weight is 359 g/mol. The molecule has 5 nitrogen and oxygen atoms in total. The maximum Gasteiger partial charge on any atom is 0.248 e. The molecule has 136 valence electrons. The molecule has 3 N–H and O–H groups in total. The minimum Gasteiger partial charge on any atom is -0.487 e. The molecule has 1 saturated carbocycles. The number of nitrogens with one attached hydrogen (secondary N) is 1. The van der Waals surface area contributed by atoms with E-state index in [4.69, 9.17) is 10.5 Å². The number of hydrogen-bond acceptors (Lipinski definition) is 4. The molecule has 1 aliphatic rings. The minimum absolute atomic E-state index is 0.431. The smallest absolute Gasteiger partial charge is 0.248 e. The van der Waals surface area contributed by atoms with E-state index in [1.807, 2.05) is 42.5 Å². The van der Waals surface area contributed by atoms with Crippen molar-refractivity contribution in [3.63, 3.8) is 0 Å². The zero-order chi connectivity index (χ0) is 18.6. The summed E-state index contributed by atoms with van der Waals surface area (Å²) in [6.45, 7) is 0.443. The largest absolute Gasteiger partial charge is 0.487 e. The molecule has 0 spiro atoms. The number of carbonyl (C=O) groups is 1. The molecule has 1 amide bonds. The average Bonchev–Trinajstić information content (AvgIpc) is 3.53. The van der Waals surface area contributed by atoms with Gasteiger partial charge in [-0.1, -0.05) is 12.1 Å². The van der Waals surface area contributed by atoms with E-state index in [1.54, 1.807) is 18.3 Å². The first kappa shape index (κ1) is 17.1. The van der Waals surface area contributed by atoms with Gasteiger partial charge in [-0.25, -0.2) is 0 Å². The van der Waals surface area contributed by atoms with Crippen molar-refractivity contribution in [1.82, 2.24) is 4.98 Å². The van der Waals surface area contributed by atoms with Gasteiger partial charge in [-0.2, -0.15) is 0 Å². The quantitative estimate of drug-likeness (QED) is 0.656. The highest BCUT2D eigenvalue weighted by Crippen LogP contribution is 2.45. The molecule has 5 heteroatoms. The first-order valence-corrected chi connectivity index (χ1v) is 9.02. The maximum atomic E-state index is 11.4. The van der Waals surface area contributed by atoms with Crippen molar-refractivity contribution in [2.75, 3.05) is 5.32 Å². The van der Waals surface area contributed by atoms with Crippen molar-refractivity contribution in [3.8, 4) is 5.75 Å². The van der Waals surface area contributed by atoms with Gasteiger partial charge in [0.05, 0.1) is 5.69 Å². The van der Waals surface area contributed by atoms with E-state index in [-0.39, 0.29) is 0 Å². The number of aromatic nitrogens is 1. The minimum atomic E-state index is -0.431. The number of rotatable bonds is 7. The van der Waals surface area contributed by atoms with E-state index in [2.05, 4.69) is 16.4 Å². The van der Waals surface area contributed by atoms with Crippen LogP contribution in [-0.4, -0.2) is 10.9 Å². The molecule has 0 aliphatic heterocycles. The summed E-state index contributed by atoms with van der Waals surface area (Å²) in [5, 5.41) is 3.41. The van der Waals surface area contributed by atoms with Crippen LogP contribution in [-0.2, 0) is 6.61 Å². The maximum absolute atomic E-state index is 11.4. The van der Waals surface area contributed by atoms with Crippen molar-refractivity contribution in [1.29, 1.82) is 0 Å². The first-order valence-electron chi connectivity index (χ1n) is 9.02. The molecule has 1 heterocycles. The third-order valence-corrected chi connectivity index (χ3v) is 4.58. The number of ether oxygens (including phenoxy) is 1. The summed E-state index contributed by atoms with van der Waals surface area (Å²) in [6, 6.07) is 19.1. The van der Waals surface area contributed by atoms with Gasteiger partial charge in [-0.3, -0.25) is 9.78 Å². The second-order valence-corrected chi connectivity index (χ2v) is 6.70. The topological polar surface area (TPSA) is 77.2 Å². The summed E-state index contributed by atoms with van der Waals surface area (Å²) in [5.74, 6) is 0.948. The lowest BCUT2D eigenvalue weighted by Gasteiger charge is -2.14. The molecule has 0 unspecified atom stereocenters. The van der Waals surface area contributed by atoms with E-state index in [0.717, 1.165) is 22.8 Å². The number of anilines is 2. The molecular weight excluding hydrogens is 338 g/mol. The highest BCUT2D eigenvalue weighted by atomic mass is 16.5. The lowest BCUT2D eigenvalue weighted by atomic mass is 10.1. The van der Waals surface area contributed by atoms with Crippen LogP contribution >= 0.6 is 0 Å². The second-order valence-electron chi connectivity index (χ2n) is 6.70. The lowest BCUT2D eigenvalue weighted by molar-refractivity contribution is 0.100. The van der Waals surface area contributed by atoms with Gasteiger partial charge in [0.25, 0.3) is 0 Å². The highest BCUT2D eigenvalue weighted by Gasteiger charge is 2.26. The number of pyridine rings is 1. The van der Waals surface area contributed by atoms with Crippen molar-refractivity contribution in [3.05, 3.63) is 83.7 Å². The van der Waals surface area contributed by atoms with E-state index >= 15 is 0 Å². The summed E-state index contributed by atoms with van der Waals surface area (Å²) in [4.78, 5) is 15.7. The third-order valence-electron chi connectivity index (χ3n) is 4.58. The lowest BCUT2D eigenvalue weighted by Crippen LogP contribution is -2.10. The Labute approximate surface area is 158 Å². The van der Waals surface area contributed by atoms with Crippen molar-refractivity contribution in [2.45, 2.75) is 25.4 Å². The van der Waals surface area contributed by atoms with Gasteiger partial charge < -0.3 is 15.8 Å². The monoisotopic (exact) mass is 359 g/mol. The molecule has 0 saturated heterocycles. The molecule has 2 aromatic carbocycles. The van der Waals surface area contributed by atoms with Gasteiger partial charge in [-0.05, 0) is 72.9 Å². The number of nitrogens with two attached hydrogens (primary N) is 1. The molecule has 1 fully saturated rings. The molecule has 1 aromatic heterocycles. The normalized spacial score (nSPS) is 13.2. The standard InChI is InChI=1S/C22H21N3O2/c23-22(26)16-4-3-6-17(12-16)25-21-10-9-19(13-20(21)15-7-8-15)27-14-18-5-1-2-11-24-18/h1-6,9-13,15,25H,7-8,14H2,(H2,23,26). The Kier molecular flexibility index (Phi) is 4.75. The number of carbonyl (C=O) groups excluding carboxylic acids is 1. The Morgan fingerprint density at radius 2 is 2.00 bits per heavy atom. The van der Waals surface area contributed by atoms with Crippen molar-refractivity contribution < 1.29 is 9.53 Å². The van der Waals surface area contributed by atoms with E-state index in [9.17, 15) is 4.79 Å². The fourth-order valence-corrected chi connectivity index (χ4v) is 3.02. The van der Waals surface area contributed by atoms with Crippen LogP contribution in [0.2, 0.25) is 0 Å². The molecule has 0 bridgehead atoms. The number of nitrogens with zero attached hydrogens (tertiary/aromatic N) is 1. The number of amides is 1. The highest BCUT2D eigenvalue weighted by molar-refractivity contribution is 5.94. The van der Waals surface area contributed by atoms with Crippen molar-refractivity contribution >= 4 is 17.3 Å². The van der Waals surface area contributed by atoms with Gasteiger partial charge in [-0.15, -0.1) is 0 Å². The Hall–Kier alpha value is -3.34. The fourth-order valence-electron chi connectivity index (χ4n) is 3.02. The van der Waals surface area contributed by atoms with Gasteiger partial charge >= 0.3 is 0 Å². The molecule has 0 atom stereocenters. The summed E-state index contributed by atoms with van der Waals surface area (Å²) in [5.41, 5.74) is 9.87. The molecule has 0 radical (unpaired) electrons. The van der Waals surface area contributed by atoms with Crippen LogP contribution in [0.3, 0.4) is 0 Å². The fraction of sp³-hybridized carbons (Fsp3) is 0.182. The van der Waals surface area contributed by atoms with Crippen LogP contribution in [0.1, 0.15) is 40.4 Å².